The van der Waals surface area contributed by atoms with Gasteiger partial charge in [0.2, 0.25) is 0 Å². The number of hydrogen-bond acceptors (Lipinski definition) is 7. The highest BCUT2D eigenvalue weighted by Gasteiger charge is 2.31. The van der Waals surface area contributed by atoms with Crippen LogP contribution in [0.1, 0.15) is 15.9 Å². The number of anilines is 1. The fraction of sp³-hybridized carbons (Fsp3) is 0.125. The standard InChI is InChI=1S/C24H19ClF3N3O6/c1-35-21-10-14(12-29-31-23(34)15-3-9-20(32)18(25)11-15)2-8-19(21)30-22(33)13-36-16-4-6-17(7-5-16)37-24(26,27)28/h2-12,32H,13H2,1H3,(H,30,33)(H,31,34). The van der Waals surface area contributed by atoms with Gasteiger partial charge in [-0.15, -0.1) is 13.2 Å². The molecular formula is C24H19ClF3N3O6. The van der Waals surface area contributed by atoms with Gasteiger partial charge in [-0.1, -0.05) is 17.7 Å². The highest BCUT2D eigenvalue weighted by Crippen LogP contribution is 2.27. The van der Waals surface area contributed by atoms with Gasteiger partial charge in [-0.2, -0.15) is 5.10 Å². The molecule has 0 unspecified atom stereocenters. The SMILES string of the molecule is COc1cc(C=NNC(=O)c2ccc(O)c(Cl)c2)ccc1NC(=O)COc1ccc(OC(F)(F)F)cc1. The van der Waals surface area contributed by atoms with E-state index >= 15 is 0 Å². The molecule has 0 radical (unpaired) electrons. The molecule has 0 heterocycles. The maximum atomic E-state index is 12.3. The van der Waals surface area contributed by atoms with E-state index < -0.39 is 30.5 Å². The van der Waals surface area contributed by atoms with E-state index in [0.717, 1.165) is 12.1 Å². The molecule has 0 fully saturated rings. The molecule has 3 aromatic carbocycles. The second-order valence-electron chi connectivity index (χ2n) is 7.18. The van der Waals surface area contributed by atoms with Crippen LogP contribution >= 0.6 is 11.6 Å². The van der Waals surface area contributed by atoms with E-state index in [2.05, 4.69) is 20.6 Å². The van der Waals surface area contributed by atoms with E-state index in [9.17, 15) is 27.9 Å². The van der Waals surface area contributed by atoms with Crippen LogP contribution in [0.5, 0.6) is 23.0 Å². The van der Waals surface area contributed by atoms with Crippen LogP contribution in [0.25, 0.3) is 0 Å². The Balaban J connectivity index is 1.54. The van der Waals surface area contributed by atoms with Crippen molar-refractivity contribution in [3.05, 3.63) is 76.8 Å². The monoisotopic (exact) mass is 537 g/mol. The first kappa shape index (κ1) is 27.1. The summed E-state index contributed by atoms with van der Waals surface area (Å²) in [5.41, 5.74) is 3.38. The number of nitrogens with one attached hydrogen (secondary N) is 2. The van der Waals surface area contributed by atoms with Gasteiger partial charge in [0.1, 0.15) is 23.0 Å². The number of rotatable bonds is 9. The summed E-state index contributed by atoms with van der Waals surface area (Å²) >= 11 is 5.79. The van der Waals surface area contributed by atoms with Crippen molar-refractivity contribution in [1.29, 1.82) is 0 Å². The first-order chi connectivity index (χ1) is 17.5. The van der Waals surface area contributed by atoms with Gasteiger partial charge in [-0.25, -0.2) is 5.43 Å². The van der Waals surface area contributed by atoms with E-state index in [-0.39, 0.29) is 22.1 Å². The molecule has 2 amide bonds. The number of methoxy groups -OCH3 is 1. The van der Waals surface area contributed by atoms with Crippen LogP contribution in [0.3, 0.4) is 0 Å². The molecule has 0 saturated carbocycles. The summed E-state index contributed by atoms with van der Waals surface area (Å²) in [5.74, 6) is -1.20. The summed E-state index contributed by atoms with van der Waals surface area (Å²) in [6, 6.07) is 13.3. The maximum absolute atomic E-state index is 12.3. The number of benzene rings is 3. The smallest absolute Gasteiger partial charge is 0.506 e. The number of hydrogen-bond donors (Lipinski definition) is 3. The number of phenolic OH excluding ortho intramolecular Hbond substituents is 1. The van der Waals surface area contributed by atoms with Gasteiger partial charge in [0, 0.05) is 5.56 Å². The molecule has 3 rings (SSSR count). The van der Waals surface area contributed by atoms with Crippen molar-refractivity contribution in [3.63, 3.8) is 0 Å². The van der Waals surface area contributed by atoms with Gasteiger partial charge in [0.25, 0.3) is 11.8 Å². The fourth-order valence-corrected chi connectivity index (χ4v) is 3.02. The molecule has 0 bridgehead atoms. The average molecular weight is 538 g/mol. The van der Waals surface area contributed by atoms with Gasteiger partial charge in [-0.05, 0) is 60.2 Å². The number of carbonyl (C=O) groups excluding carboxylic acids is 2. The number of hydrazone groups is 1. The molecule has 0 spiro atoms. The molecule has 13 heteroatoms. The van der Waals surface area contributed by atoms with Crippen molar-refractivity contribution in [2.45, 2.75) is 6.36 Å². The molecule has 37 heavy (non-hydrogen) atoms. The molecule has 0 aliphatic rings. The van der Waals surface area contributed by atoms with Crippen LogP contribution in [0, 0.1) is 0 Å². The lowest BCUT2D eigenvalue weighted by Gasteiger charge is -2.12. The first-order valence-electron chi connectivity index (χ1n) is 10.3. The number of phenols is 1. The third-order valence-electron chi connectivity index (χ3n) is 4.52. The lowest BCUT2D eigenvalue weighted by atomic mass is 10.2. The summed E-state index contributed by atoms with van der Waals surface area (Å²) in [6.45, 7) is -0.418. The first-order valence-corrected chi connectivity index (χ1v) is 10.7. The fourth-order valence-electron chi connectivity index (χ4n) is 2.84. The summed E-state index contributed by atoms with van der Waals surface area (Å²) in [5, 5.41) is 15.9. The van der Waals surface area contributed by atoms with Gasteiger partial charge < -0.3 is 24.6 Å². The highest BCUT2D eigenvalue weighted by atomic mass is 35.5. The average Bonchev–Trinajstić information content (AvgIpc) is 2.85. The third-order valence-corrected chi connectivity index (χ3v) is 4.82. The van der Waals surface area contributed by atoms with Crippen LogP contribution in [0.15, 0.2) is 65.8 Å². The Labute approximate surface area is 213 Å². The Morgan fingerprint density at radius 2 is 1.76 bits per heavy atom. The van der Waals surface area contributed by atoms with Crippen molar-refractivity contribution in [2.75, 3.05) is 19.0 Å². The summed E-state index contributed by atoms with van der Waals surface area (Å²) in [7, 11) is 1.39. The second-order valence-corrected chi connectivity index (χ2v) is 7.59. The van der Waals surface area contributed by atoms with Crippen molar-refractivity contribution in [2.24, 2.45) is 5.10 Å². The zero-order valence-corrected chi connectivity index (χ0v) is 19.8. The van der Waals surface area contributed by atoms with Crippen molar-refractivity contribution in [1.82, 2.24) is 5.43 Å². The highest BCUT2D eigenvalue weighted by molar-refractivity contribution is 6.32. The molecule has 0 aliphatic carbocycles. The Kier molecular flexibility index (Phi) is 8.80. The predicted octanol–water partition coefficient (Wildman–Crippen LogP) is 4.73. The van der Waals surface area contributed by atoms with E-state index in [1.165, 1.54) is 43.7 Å². The molecule has 0 saturated heterocycles. The largest absolute Gasteiger partial charge is 0.573 e. The van der Waals surface area contributed by atoms with Gasteiger partial charge in [-0.3, -0.25) is 9.59 Å². The molecule has 0 atom stereocenters. The van der Waals surface area contributed by atoms with Crippen LogP contribution in [0.4, 0.5) is 18.9 Å². The second kappa shape index (κ2) is 12.0. The topological polar surface area (TPSA) is 118 Å². The van der Waals surface area contributed by atoms with Crippen LogP contribution in [0.2, 0.25) is 5.02 Å². The Morgan fingerprint density at radius 3 is 2.41 bits per heavy atom. The lowest BCUT2D eigenvalue weighted by molar-refractivity contribution is -0.274. The van der Waals surface area contributed by atoms with Gasteiger partial charge in [0.05, 0.1) is 24.0 Å². The number of ether oxygens (including phenoxy) is 3. The van der Waals surface area contributed by atoms with E-state index in [0.29, 0.717) is 17.0 Å². The minimum Gasteiger partial charge on any atom is -0.506 e. The quantitative estimate of drug-likeness (QED) is 0.268. The number of carbonyl (C=O) groups is 2. The molecule has 9 nitrogen and oxygen atoms in total. The predicted molar refractivity (Wildman–Crippen MR) is 128 cm³/mol. The minimum atomic E-state index is -4.81. The molecule has 3 aromatic rings. The number of halogens is 4. The zero-order chi connectivity index (χ0) is 27.0. The van der Waals surface area contributed by atoms with E-state index in [4.69, 9.17) is 21.1 Å². The van der Waals surface area contributed by atoms with Crippen LogP contribution < -0.4 is 25.0 Å². The Morgan fingerprint density at radius 1 is 1.05 bits per heavy atom. The summed E-state index contributed by atoms with van der Waals surface area (Å²) in [4.78, 5) is 24.4. The Bertz CT molecular complexity index is 1300. The zero-order valence-electron chi connectivity index (χ0n) is 19.0. The maximum Gasteiger partial charge on any atom is 0.573 e. The molecule has 3 N–H and O–H groups in total. The van der Waals surface area contributed by atoms with E-state index in [1.54, 1.807) is 18.2 Å². The summed E-state index contributed by atoms with van der Waals surface area (Å²) < 4.78 is 51.0. The minimum absolute atomic E-state index is 0.0258. The Hall–Kier alpha value is -4.45. The van der Waals surface area contributed by atoms with Gasteiger partial charge >= 0.3 is 6.36 Å². The normalized spacial score (nSPS) is 11.2. The van der Waals surface area contributed by atoms with Crippen LogP contribution in [-0.4, -0.2) is 43.2 Å². The number of aromatic hydroxyl groups is 1. The lowest BCUT2D eigenvalue weighted by Crippen LogP contribution is -2.20. The summed E-state index contributed by atoms with van der Waals surface area (Å²) in [6.07, 6.45) is -3.46. The van der Waals surface area contributed by atoms with Crippen LogP contribution in [-0.2, 0) is 4.79 Å². The number of alkyl halides is 3. The van der Waals surface area contributed by atoms with Gasteiger partial charge in [0.15, 0.2) is 6.61 Å². The van der Waals surface area contributed by atoms with E-state index in [1.807, 2.05) is 0 Å². The third kappa shape index (κ3) is 8.32. The molecular weight excluding hydrogens is 519 g/mol. The van der Waals surface area contributed by atoms with Crippen molar-refractivity contribution < 1.29 is 42.1 Å². The van der Waals surface area contributed by atoms with Crippen molar-refractivity contribution in [3.8, 4) is 23.0 Å². The molecule has 0 aromatic heterocycles. The molecule has 0 aliphatic heterocycles. The van der Waals surface area contributed by atoms with Crippen molar-refractivity contribution >= 4 is 35.3 Å². The number of nitrogens with zero attached hydrogens (tertiary/aromatic N) is 1. The molecule has 194 valence electrons. The number of amides is 2.